The molecule has 0 aromatic heterocycles. The minimum atomic E-state index is -1.04. The summed E-state index contributed by atoms with van der Waals surface area (Å²) in [4.78, 5) is 10.6. The summed E-state index contributed by atoms with van der Waals surface area (Å²) in [6, 6.07) is 0. The van der Waals surface area contributed by atoms with Gasteiger partial charge in [-0.25, -0.2) is 0 Å². The van der Waals surface area contributed by atoms with Gasteiger partial charge in [0.05, 0.1) is 18.1 Å². The van der Waals surface area contributed by atoms with Crippen molar-refractivity contribution in [1.82, 2.24) is 0 Å². The van der Waals surface area contributed by atoms with E-state index in [0.717, 1.165) is 0 Å². The van der Waals surface area contributed by atoms with Crippen LogP contribution in [-0.2, 0) is 9.53 Å². The summed E-state index contributed by atoms with van der Waals surface area (Å²) in [5.74, 6) is -1.62. The van der Waals surface area contributed by atoms with Crippen molar-refractivity contribution in [3.63, 3.8) is 0 Å². The number of hydrogen-bond donors (Lipinski definition) is 3. The summed E-state index contributed by atoms with van der Waals surface area (Å²) in [5, 5.41) is 27.2. The Balaban J connectivity index is 2.15. The SMILES string of the molecule is O=C(O)[C@@H]1C[C@@H]2O[C@H]1[C@@H](O)[C@H]2O. The standard InChI is InChI=1S/C7H10O5/c8-4-3-1-2(7(10)11)6(12-3)5(4)9/h2-6,8-9H,1H2,(H,10,11)/t2-,3+,4+,5+,6-/m1/s1. The number of fused-ring (bicyclic) bond motifs is 2. The zero-order valence-corrected chi connectivity index (χ0v) is 6.25. The first kappa shape index (κ1) is 7.97. The summed E-state index contributed by atoms with van der Waals surface area (Å²) in [6.45, 7) is 0. The molecule has 2 fully saturated rings. The first-order valence-corrected chi connectivity index (χ1v) is 3.85. The number of hydrogen-bond acceptors (Lipinski definition) is 4. The average Bonchev–Trinajstić information content (AvgIpc) is 2.53. The lowest BCUT2D eigenvalue weighted by atomic mass is 9.85. The van der Waals surface area contributed by atoms with E-state index in [1.165, 1.54) is 0 Å². The topological polar surface area (TPSA) is 87.0 Å². The summed E-state index contributed by atoms with van der Waals surface area (Å²) in [7, 11) is 0. The van der Waals surface area contributed by atoms with Crippen molar-refractivity contribution in [1.29, 1.82) is 0 Å². The summed E-state index contributed by atoms with van der Waals surface area (Å²) >= 11 is 0. The van der Waals surface area contributed by atoms with Crippen LogP contribution in [0.5, 0.6) is 0 Å². The third-order valence-corrected chi connectivity index (χ3v) is 2.60. The monoisotopic (exact) mass is 174 g/mol. The van der Waals surface area contributed by atoms with E-state index in [2.05, 4.69) is 0 Å². The number of aliphatic carboxylic acids is 1. The van der Waals surface area contributed by atoms with Gasteiger partial charge in [0, 0.05) is 0 Å². The maximum atomic E-state index is 10.6. The molecule has 0 amide bonds. The van der Waals surface area contributed by atoms with Gasteiger partial charge in [0.15, 0.2) is 0 Å². The van der Waals surface area contributed by atoms with Crippen LogP contribution < -0.4 is 0 Å². The van der Waals surface area contributed by atoms with Gasteiger partial charge in [0.25, 0.3) is 0 Å². The van der Waals surface area contributed by atoms with Crippen molar-refractivity contribution >= 4 is 5.97 Å². The predicted molar refractivity (Wildman–Crippen MR) is 36.4 cm³/mol. The third-order valence-electron chi connectivity index (χ3n) is 2.60. The van der Waals surface area contributed by atoms with E-state index in [1.807, 2.05) is 0 Å². The van der Waals surface area contributed by atoms with Crippen molar-refractivity contribution in [2.75, 3.05) is 0 Å². The molecule has 12 heavy (non-hydrogen) atoms. The molecule has 0 saturated carbocycles. The van der Waals surface area contributed by atoms with Crippen LogP contribution in [0, 0.1) is 5.92 Å². The van der Waals surface area contributed by atoms with E-state index in [1.54, 1.807) is 0 Å². The highest BCUT2D eigenvalue weighted by Crippen LogP contribution is 2.39. The number of carboxylic acid groups (broad SMARTS) is 1. The molecule has 5 atom stereocenters. The summed E-state index contributed by atoms with van der Waals surface area (Å²) < 4.78 is 5.09. The Morgan fingerprint density at radius 3 is 2.42 bits per heavy atom. The molecule has 0 spiro atoms. The van der Waals surface area contributed by atoms with E-state index >= 15 is 0 Å². The molecule has 2 bridgehead atoms. The molecule has 2 saturated heterocycles. The first-order chi connectivity index (χ1) is 5.61. The smallest absolute Gasteiger partial charge is 0.309 e. The zero-order valence-electron chi connectivity index (χ0n) is 6.25. The largest absolute Gasteiger partial charge is 0.481 e. The first-order valence-electron chi connectivity index (χ1n) is 3.85. The Bertz CT molecular complexity index is 214. The lowest BCUT2D eigenvalue weighted by molar-refractivity contribution is -0.146. The number of carboxylic acids is 1. The normalized spacial score (nSPS) is 51.3. The quantitative estimate of drug-likeness (QED) is 0.454. The molecule has 0 aromatic carbocycles. The molecule has 3 N–H and O–H groups in total. The molecule has 2 heterocycles. The van der Waals surface area contributed by atoms with Crippen LogP contribution in [0.15, 0.2) is 0 Å². The van der Waals surface area contributed by atoms with Crippen molar-refractivity contribution in [2.45, 2.75) is 30.8 Å². The minimum Gasteiger partial charge on any atom is -0.481 e. The van der Waals surface area contributed by atoms with E-state index in [-0.39, 0.29) is 0 Å². The summed E-state index contributed by atoms with van der Waals surface area (Å²) in [6.07, 6.45) is -2.86. The molecule has 5 heteroatoms. The van der Waals surface area contributed by atoms with Gasteiger partial charge in [0.1, 0.15) is 12.2 Å². The fourth-order valence-corrected chi connectivity index (χ4v) is 1.93. The van der Waals surface area contributed by atoms with Crippen LogP contribution in [0.4, 0.5) is 0 Å². The molecule has 68 valence electrons. The minimum absolute atomic E-state index is 0.304. The van der Waals surface area contributed by atoms with Crippen molar-refractivity contribution in [3.8, 4) is 0 Å². The summed E-state index contributed by atoms with van der Waals surface area (Å²) in [5.41, 5.74) is 0. The average molecular weight is 174 g/mol. The van der Waals surface area contributed by atoms with Gasteiger partial charge >= 0.3 is 5.97 Å². The van der Waals surface area contributed by atoms with Gasteiger partial charge in [-0.15, -0.1) is 0 Å². The fourth-order valence-electron chi connectivity index (χ4n) is 1.93. The van der Waals surface area contributed by atoms with Crippen LogP contribution >= 0.6 is 0 Å². The third kappa shape index (κ3) is 0.872. The molecule has 0 radical (unpaired) electrons. The molecule has 0 unspecified atom stereocenters. The molecule has 0 aliphatic carbocycles. The molecular formula is C7H10O5. The van der Waals surface area contributed by atoms with Gasteiger partial charge in [-0.2, -0.15) is 0 Å². The predicted octanol–water partition coefficient (Wildman–Crippen LogP) is -1.42. The maximum Gasteiger partial charge on any atom is 0.309 e. The second-order valence-electron chi connectivity index (χ2n) is 3.30. The van der Waals surface area contributed by atoms with Crippen molar-refractivity contribution in [2.24, 2.45) is 5.92 Å². The molecule has 2 aliphatic rings. The Hall–Kier alpha value is -0.650. The van der Waals surface area contributed by atoms with Crippen LogP contribution in [0.25, 0.3) is 0 Å². The molecular weight excluding hydrogens is 164 g/mol. The number of ether oxygens (including phenoxy) is 1. The van der Waals surface area contributed by atoms with E-state index in [4.69, 9.17) is 9.84 Å². The fraction of sp³-hybridized carbons (Fsp3) is 0.857. The Morgan fingerprint density at radius 2 is 2.00 bits per heavy atom. The zero-order chi connectivity index (χ0) is 8.88. The van der Waals surface area contributed by atoms with Gasteiger partial charge in [0.2, 0.25) is 0 Å². The van der Waals surface area contributed by atoms with Crippen molar-refractivity contribution < 1.29 is 24.9 Å². The van der Waals surface area contributed by atoms with Crippen molar-refractivity contribution in [3.05, 3.63) is 0 Å². The van der Waals surface area contributed by atoms with Gasteiger partial charge in [-0.3, -0.25) is 4.79 Å². The number of rotatable bonds is 1. The van der Waals surface area contributed by atoms with Crippen LogP contribution in [0.1, 0.15) is 6.42 Å². The van der Waals surface area contributed by atoms with Gasteiger partial charge in [-0.1, -0.05) is 0 Å². The molecule has 2 aliphatic heterocycles. The maximum absolute atomic E-state index is 10.6. The molecule has 2 rings (SSSR count). The lowest BCUT2D eigenvalue weighted by Crippen LogP contribution is -2.43. The molecule has 5 nitrogen and oxygen atoms in total. The second kappa shape index (κ2) is 2.42. The van der Waals surface area contributed by atoms with Crippen LogP contribution in [0.3, 0.4) is 0 Å². The van der Waals surface area contributed by atoms with Gasteiger partial charge < -0.3 is 20.1 Å². The van der Waals surface area contributed by atoms with E-state index < -0.39 is 36.3 Å². The number of aliphatic hydroxyl groups is 2. The van der Waals surface area contributed by atoms with Crippen LogP contribution in [0.2, 0.25) is 0 Å². The highest BCUT2D eigenvalue weighted by molar-refractivity contribution is 5.71. The Kier molecular flexibility index (Phi) is 1.61. The Morgan fingerprint density at radius 1 is 1.33 bits per heavy atom. The molecule has 0 aromatic rings. The number of aliphatic hydroxyl groups excluding tert-OH is 2. The number of carbonyl (C=O) groups is 1. The van der Waals surface area contributed by atoms with Gasteiger partial charge in [-0.05, 0) is 6.42 Å². The lowest BCUT2D eigenvalue weighted by Gasteiger charge is -2.23. The Labute approximate surface area is 68.6 Å². The highest BCUT2D eigenvalue weighted by atomic mass is 16.6. The van der Waals surface area contributed by atoms with E-state index in [9.17, 15) is 15.0 Å². The van der Waals surface area contributed by atoms with E-state index in [0.29, 0.717) is 6.42 Å². The van der Waals surface area contributed by atoms with Crippen LogP contribution in [-0.4, -0.2) is 45.7 Å². The highest BCUT2D eigenvalue weighted by Gasteiger charge is 2.55. The second-order valence-corrected chi connectivity index (χ2v) is 3.30.